The number of benzene rings is 2. The Morgan fingerprint density at radius 3 is 2.17 bits per heavy atom. The second-order valence-corrected chi connectivity index (χ2v) is 8.64. The van der Waals surface area contributed by atoms with E-state index in [0.29, 0.717) is 0 Å². The van der Waals surface area contributed by atoms with E-state index in [1.165, 1.54) is 27.5 Å². The van der Waals surface area contributed by atoms with Crippen molar-refractivity contribution in [3.8, 4) is 21.1 Å². The fourth-order valence-electron chi connectivity index (χ4n) is 3.17. The van der Waals surface area contributed by atoms with Crippen LogP contribution in [0.3, 0.4) is 0 Å². The summed E-state index contributed by atoms with van der Waals surface area (Å²) in [5.41, 5.74) is 3.83. The van der Waals surface area contributed by atoms with E-state index in [0.717, 1.165) is 10.0 Å². The molecule has 0 aliphatic rings. The molecule has 2 aromatic carbocycles. The third-order valence-corrected chi connectivity index (χ3v) is 5.74. The summed E-state index contributed by atoms with van der Waals surface area (Å²) in [6.07, 6.45) is 3.73. The number of nitrogens with zero attached hydrogens (tertiary/aromatic N) is 2. The van der Waals surface area contributed by atoms with Crippen molar-refractivity contribution >= 4 is 33.4 Å². The average molecular weight is 351 g/mol. The fourth-order valence-corrected chi connectivity index (χ4v) is 4.48. The number of aromatic nitrogens is 2. The van der Waals surface area contributed by atoms with Gasteiger partial charge in [-0.3, -0.25) is 0 Å². The van der Waals surface area contributed by atoms with Crippen LogP contribution in [0.25, 0.3) is 31.9 Å². The van der Waals surface area contributed by atoms with Crippen molar-refractivity contribution in [3.63, 3.8) is 0 Å². The average Bonchev–Trinajstić information content (AvgIpc) is 3.25. The quantitative estimate of drug-likeness (QED) is 0.419. The SMILES string of the molecule is CC(C)(C)c1c(-c2nccs2)ccc2cc(-c3nccs3)ccc12. The van der Waals surface area contributed by atoms with Crippen molar-refractivity contribution in [1.82, 2.24) is 9.97 Å². The fraction of sp³-hybridized carbons (Fsp3) is 0.200. The number of fused-ring (bicyclic) bond motifs is 1. The van der Waals surface area contributed by atoms with Crippen LogP contribution in [-0.4, -0.2) is 9.97 Å². The molecule has 2 aromatic heterocycles. The third-order valence-electron chi connectivity index (χ3n) is 4.11. The Kier molecular flexibility index (Phi) is 3.74. The molecule has 2 heterocycles. The van der Waals surface area contributed by atoms with Crippen molar-refractivity contribution in [1.29, 1.82) is 0 Å². The van der Waals surface area contributed by atoms with Gasteiger partial charge >= 0.3 is 0 Å². The molecule has 0 fully saturated rings. The van der Waals surface area contributed by atoms with E-state index in [2.05, 4.69) is 61.1 Å². The Hall–Kier alpha value is -2.04. The zero-order valence-electron chi connectivity index (χ0n) is 13.9. The molecule has 0 saturated carbocycles. The lowest BCUT2D eigenvalue weighted by Crippen LogP contribution is -2.13. The van der Waals surface area contributed by atoms with E-state index >= 15 is 0 Å². The Morgan fingerprint density at radius 2 is 1.54 bits per heavy atom. The molecule has 0 N–H and O–H groups in total. The Morgan fingerprint density at radius 1 is 0.833 bits per heavy atom. The van der Waals surface area contributed by atoms with Crippen LogP contribution in [0, 0.1) is 0 Å². The Balaban J connectivity index is 1.99. The highest BCUT2D eigenvalue weighted by Gasteiger charge is 2.23. The molecule has 4 rings (SSSR count). The molecule has 0 spiro atoms. The summed E-state index contributed by atoms with van der Waals surface area (Å²) < 4.78 is 0. The van der Waals surface area contributed by atoms with Crippen LogP contribution in [0.1, 0.15) is 26.3 Å². The molecule has 0 atom stereocenters. The second kappa shape index (κ2) is 5.80. The molecule has 0 aliphatic heterocycles. The summed E-state index contributed by atoms with van der Waals surface area (Å²) in [6.45, 7) is 6.81. The van der Waals surface area contributed by atoms with Crippen LogP contribution < -0.4 is 0 Å². The topological polar surface area (TPSA) is 25.8 Å². The van der Waals surface area contributed by atoms with Gasteiger partial charge in [-0.2, -0.15) is 0 Å². The maximum Gasteiger partial charge on any atom is 0.123 e. The normalized spacial score (nSPS) is 12.0. The van der Waals surface area contributed by atoms with Gasteiger partial charge in [0.05, 0.1) is 0 Å². The van der Waals surface area contributed by atoms with Crippen molar-refractivity contribution in [3.05, 3.63) is 59.0 Å². The maximum absolute atomic E-state index is 4.54. The summed E-state index contributed by atoms with van der Waals surface area (Å²) in [5.74, 6) is 0. The van der Waals surface area contributed by atoms with Crippen molar-refractivity contribution in [2.75, 3.05) is 0 Å². The van der Waals surface area contributed by atoms with Gasteiger partial charge < -0.3 is 0 Å². The van der Waals surface area contributed by atoms with Crippen molar-refractivity contribution in [2.24, 2.45) is 0 Å². The number of thiazole rings is 2. The standard InChI is InChI=1S/C20H18N2S2/c1-20(2,3)17-15-6-5-14(18-21-8-10-23-18)12-13(15)4-7-16(17)19-22-9-11-24-19/h4-12H,1-3H3. The van der Waals surface area contributed by atoms with Gasteiger partial charge in [0, 0.05) is 34.3 Å². The maximum atomic E-state index is 4.54. The summed E-state index contributed by atoms with van der Waals surface area (Å²) in [4.78, 5) is 8.97. The predicted molar refractivity (Wildman–Crippen MR) is 105 cm³/mol. The molecule has 0 bridgehead atoms. The van der Waals surface area contributed by atoms with Crippen LogP contribution in [0.2, 0.25) is 0 Å². The van der Waals surface area contributed by atoms with Gasteiger partial charge in [-0.1, -0.05) is 45.0 Å². The van der Waals surface area contributed by atoms with Gasteiger partial charge in [0.25, 0.3) is 0 Å². The molecule has 24 heavy (non-hydrogen) atoms. The minimum atomic E-state index is 0.0449. The van der Waals surface area contributed by atoms with Crippen LogP contribution >= 0.6 is 22.7 Å². The highest BCUT2D eigenvalue weighted by molar-refractivity contribution is 7.13. The highest BCUT2D eigenvalue weighted by Crippen LogP contribution is 2.40. The van der Waals surface area contributed by atoms with Gasteiger partial charge in [-0.25, -0.2) is 9.97 Å². The molecule has 120 valence electrons. The monoisotopic (exact) mass is 350 g/mol. The first kappa shape index (κ1) is 15.5. The molecular weight excluding hydrogens is 332 g/mol. The Labute approximate surface area is 149 Å². The van der Waals surface area contributed by atoms with Gasteiger partial charge in [-0.15, -0.1) is 22.7 Å². The van der Waals surface area contributed by atoms with E-state index in [1.54, 1.807) is 22.7 Å². The van der Waals surface area contributed by atoms with E-state index in [4.69, 9.17) is 0 Å². The summed E-state index contributed by atoms with van der Waals surface area (Å²) in [6, 6.07) is 11.1. The third kappa shape index (κ3) is 2.66. The van der Waals surface area contributed by atoms with Crippen LogP contribution in [0.15, 0.2) is 53.5 Å². The summed E-state index contributed by atoms with van der Waals surface area (Å²) in [5, 5.41) is 8.77. The zero-order chi connectivity index (χ0) is 16.7. The van der Waals surface area contributed by atoms with Crippen LogP contribution in [0.4, 0.5) is 0 Å². The summed E-state index contributed by atoms with van der Waals surface area (Å²) in [7, 11) is 0. The van der Waals surface area contributed by atoms with Crippen LogP contribution in [-0.2, 0) is 5.41 Å². The molecule has 4 heteroatoms. The Bertz CT molecular complexity index is 979. The number of rotatable bonds is 2. The van der Waals surface area contributed by atoms with Gasteiger partial charge in [-0.05, 0) is 27.8 Å². The van der Waals surface area contributed by atoms with E-state index in [9.17, 15) is 0 Å². The number of hydrogen-bond donors (Lipinski definition) is 0. The molecule has 0 unspecified atom stereocenters. The minimum Gasteiger partial charge on any atom is -0.245 e. The molecule has 0 saturated heterocycles. The van der Waals surface area contributed by atoms with Crippen molar-refractivity contribution < 1.29 is 0 Å². The predicted octanol–water partition coefficient (Wildman–Crippen LogP) is 6.38. The summed E-state index contributed by atoms with van der Waals surface area (Å²) >= 11 is 3.37. The molecule has 0 radical (unpaired) electrons. The van der Waals surface area contributed by atoms with Gasteiger partial charge in [0.1, 0.15) is 10.0 Å². The first-order chi connectivity index (χ1) is 11.5. The largest absolute Gasteiger partial charge is 0.245 e. The van der Waals surface area contributed by atoms with Gasteiger partial charge in [0.15, 0.2) is 0 Å². The first-order valence-electron chi connectivity index (χ1n) is 7.91. The lowest BCUT2D eigenvalue weighted by Gasteiger charge is -2.24. The van der Waals surface area contributed by atoms with Crippen LogP contribution in [0.5, 0.6) is 0 Å². The van der Waals surface area contributed by atoms with Crippen molar-refractivity contribution in [2.45, 2.75) is 26.2 Å². The van der Waals surface area contributed by atoms with E-state index < -0.39 is 0 Å². The van der Waals surface area contributed by atoms with Gasteiger partial charge in [0.2, 0.25) is 0 Å². The van der Waals surface area contributed by atoms with E-state index in [-0.39, 0.29) is 5.41 Å². The molecular formula is C20H18N2S2. The smallest absolute Gasteiger partial charge is 0.123 e. The molecule has 4 aromatic rings. The second-order valence-electron chi connectivity index (χ2n) is 6.85. The van der Waals surface area contributed by atoms with E-state index in [1.807, 2.05) is 23.2 Å². The molecule has 0 amide bonds. The first-order valence-corrected chi connectivity index (χ1v) is 9.67. The lowest BCUT2D eigenvalue weighted by atomic mass is 9.80. The minimum absolute atomic E-state index is 0.0449. The lowest BCUT2D eigenvalue weighted by molar-refractivity contribution is 0.597. The molecule has 0 aliphatic carbocycles. The number of hydrogen-bond acceptors (Lipinski definition) is 4. The highest BCUT2D eigenvalue weighted by atomic mass is 32.1. The molecule has 2 nitrogen and oxygen atoms in total. The zero-order valence-corrected chi connectivity index (χ0v) is 15.5.